The van der Waals surface area contributed by atoms with Gasteiger partial charge in [-0.2, -0.15) is 0 Å². The van der Waals surface area contributed by atoms with Crippen molar-refractivity contribution >= 4 is 11.9 Å². The average molecular weight is 350 g/mol. The molecule has 1 aromatic rings. The van der Waals surface area contributed by atoms with Crippen LogP contribution in [0, 0.1) is 17.7 Å². The number of rotatable bonds is 5. The van der Waals surface area contributed by atoms with E-state index in [0.717, 1.165) is 5.56 Å². The zero-order chi connectivity index (χ0) is 18.8. The lowest BCUT2D eigenvalue weighted by molar-refractivity contribution is -0.143. The maximum absolute atomic E-state index is 13.4. The lowest BCUT2D eigenvalue weighted by atomic mass is 9.99. The number of halogens is 1. The van der Waals surface area contributed by atoms with E-state index in [1.54, 1.807) is 17.0 Å². The third-order valence-corrected chi connectivity index (χ3v) is 4.70. The molecule has 1 fully saturated rings. The SMILES string of the molecule is C[C@@H]1CN(CC(=O)N(Cc2cccc(F)c2)C(C)(C)C)C[C@H]1C(=O)O. The molecule has 0 saturated carbocycles. The van der Waals surface area contributed by atoms with E-state index in [9.17, 15) is 19.1 Å². The number of likely N-dealkylation sites (tertiary alicyclic amines) is 1. The Morgan fingerprint density at radius 1 is 1.32 bits per heavy atom. The summed E-state index contributed by atoms with van der Waals surface area (Å²) in [5.74, 6) is -1.61. The van der Waals surface area contributed by atoms with Gasteiger partial charge >= 0.3 is 5.97 Å². The molecule has 1 aliphatic rings. The molecule has 0 aliphatic carbocycles. The molecule has 25 heavy (non-hydrogen) atoms. The number of hydrogen-bond acceptors (Lipinski definition) is 3. The van der Waals surface area contributed by atoms with Crippen molar-refractivity contribution in [2.24, 2.45) is 11.8 Å². The summed E-state index contributed by atoms with van der Waals surface area (Å²) in [6.45, 7) is 9.22. The summed E-state index contributed by atoms with van der Waals surface area (Å²) >= 11 is 0. The molecule has 0 bridgehead atoms. The van der Waals surface area contributed by atoms with Crippen molar-refractivity contribution in [3.63, 3.8) is 0 Å². The van der Waals surface area contributed by atoms with Gasteiger partial charge in [0, 0.05) is 25.2 Å². The minimum atomic E-state index is -0.810. The summed E-state index contributed by atoms with van der Waals surface area (Å²) < 4.78 is 13.4. The second-order valence-electron chi connectivity index (χ2n) is 7.90. The number of benzene rings is 1. The fourth-order valence-electron chi connectivity index (χ4n) is 3.31. The van der Waals surface area contributed by atoms with E-state index in [-0.39, 0.29) is 24.2 Å². The predicted octanol–water partition coefficient (Wildman–Crippen LogP) is 2.61. The van der Waals surface area contributed by atoms with Crippen molar-refractivity contribution in [1.29, 1.82) is 0 Å². The Kier molecular flexibility index (Phi) is 5.83. The highest BCUT2D eigenvalue weighted by atomic mass is 19.1. The van der Waals surface area contributed by atoms with Crippen LogP contribution in [0.2, 0.25) is 0 Å². The Labute approximate surface area is 148 Å². The van der Waals surface area contributed by atoms with Gasteiger partial charge in [-0.3, -0.25) is 14.5 Å². The number of aliphatic carboxylic acids is 1. The predicted molar refractivity (Wildman–Crippen MR) is 93.4 cm³/mol. The largest absolute Gasteiger partial charge is 0.481 e. The Morgan fingerprint density at radius 2 is 2.00 bits per heavy atom. The van der Waals surface area contributed by atoms with E-state index in [4.69, 9.17) is 0 Å². The number of hydrogen-bond donors (Lipinski definition) is 1. The quantitative estimate of drug-likeness (QED) is 0.887. The van der Waals surface area contributed by atoms with E-state index in [1.165, 1.54) is 12.1 Å². The highest BCUT2D eigenvalue weighted by molar-refractivity contribution is 5.79. The summed E-state index contributed by atoms with van der Waals surface area (Å²) in [6.07, 6.45) is 0. The maximum Gasteiger partial charge on any atom is 0.308 e. The fraction of sp³-hybridized carbons (Fsp3) is 0.579. The number of nitrogens with zero attached hydrogens (tertiary/aromatic N) is 2. The molecule has 2 rings (SSSR count). The number of carbonyl (C=O) groups excluding carboxylic acids is 1. The summed E-state index contributed by atoms with van der Waals surface area (Å²) in [4.78, 5) is 27.7. The van der Waals surface area contributed by atoms with Gasteiger partial charge < -0.3 is 10.0 Å². The first kappa shape index (κ1) is 19.4. The third kappa shape index (κ3) is 5.01. The van der Waals surface area contributed by atoms with Crippen LogP contribution in [-0.2, 0) is 16.1 Å². The van der Waals surface area contributed by atoms with Crippen molar-refractivity contribution in [2.45, 2.75) is 39.8 Å². The molecule has 6 heteroatoms. The lowest BCUT2D eigenvalue weighted by Crippen LogP contribution is -2.49. The van der Waals surface area contributed by atoms with Gasteiger partial charge in [0.2, 0.25) is 5.91 Å². The zero-order valence-electron chi connectivity index (χ0n) is 15.3. The zero-order valence-corrected chi connectivity index (χ0v) is 15.3. The van der Waals surface area contributed by atoms with Crippen LogP contribution < -0.4 is 0 Å². The van der Waals surface area contributed by atoms with Crippen LogP contribution in [0.4, 0.5) is 4.39 Å². The molecule has 0 radical (unpaired) electrons. The van der Waals surface area contributed by atoms with Crippen LogP contribution >= 0.6 is 0 Å². The average Bonchev–Trinajstić information content (AvgIpc) is 2.84. The molecule has 1 amide bonds. The molecule has 5 nitrogen and oxygen atoms in total. The molecule has 1 aliphatic heterocycles. The molecular weight excluding hydrogens is 323 g/mol. The molecule has 1 heterocycles. The van der Waals surface area contributed by atoms with E-state index in [1.807, 2.05) is 32.6 Å². The Morgan fingerprint density at radius 3 is 2.52 bits per heavy atom. The molecule has 1 aromatic carbocycles. The maximum atomic E-state index is 13.4. The monoisotopic (exact) mass is 350 g/mol. The highest BCUT2D eigenvalue weighted by Gasteiger charge is 2.37. The second kappa shape index (κ2) is 7.52. The van der Waals surface area contributed by atoms with E-state index < -0.39 is 17.4 Å². The molecular formula is C19H27FN2O3. The molecule has 138 valence electrons. The summed E-state index contributed by atoms with van der Waals surface area (Å²) in [6, 6.07) is 6.25. The van der Waals surface area contributed by atoms with Crippen LogP contribution in [0.15, 0.2) is 24.3 Å². The molecule has 1 N–H and O–H groups in total. The number of carboxylic acid groups (broad SMARTS) is 1. The number of amides is 1. The lowest BCUT2D eigenvalue weighted by Gasteiger charge is -2.37. The third-order valence-electron chi connectivity index (χ3n) is 4.70. The van der Waals surface area contributed by atoms with Gasteiger partial charge in [-0.15, -0.1) is 0 Å². The van der Waals surface area contributed by atoms with Crippen LogP contribution in [0.3, 0.4) is 0 Å². The number of carbonyl (C=O) groups is 2. The smallest absolute Gasteiger partial charge is 0.308 e. The van der Waals surface area contributed by atoms with E-state index in [2.05, 4.69) is 0 Å². The first-order valence-electron chi connectivity index (χ1n) is 8.58. The first-order chi connectivity index (χ1) is 11.6. The van der Waals surface area contributed by atoms with Crippen molar-refractivity contribution in [2.75, 3.05) is 19.6 Å². The van der Waals surface area contributed by atoms with Crippen LogP contribution in [-0.4, -0.2) is 52.0 Å². The minimum absolute atomic E-state index is 0.0246. The summed E-state index contributed by atoms with van der Waals surface area (Å²) in [5.41, 5.74) is 0.322. The van der Waals surface area contributed by atoms with Crippen LogP contribution in [0.25, 0.3) is 0 Å². The molecule has 0 aromatic heterocycles. The number of carboxylic acids is 1. The Balaban J connectivity index is 2.08. The standard InChI is InChI=1S/C19H27FN2O3/c1-13-9-21(11-16(13)18(24)25)12-17(23)22(19(2,3)4)10-14-6-5-7-15(20)8-14/h5-8,13,16H,9-12H2,1-4H3,(H,24,25)/t13-,16-/m1/s1. The van der Waals surface area contributed by atoms with Gasteiger partial charge in [-0.25, -0.2) is 4.39 Å². The van der Waals surface area contributed by atoms with Crippen molar-refractivity contribution in [1.82, 2.24) is 9.80 Å². The van der Waals surface area contributed by atoms with Gasteiger partial charge in [0.05, 0.1) is 12.5 Å². The summed E-state index contributed by atoms with van der Waals surface area (Å²) in [7, 11) is 0. The Bertz CT molecular complexity index is 642. The van der Waals surface area contributed by atoms with Crippen molar-refractivity contribution in [3.8, 4) is 0 Å². The molecule has 0 unspecified atom stereocenters. The van der Waals surface area contributed by atoms with Crippen LogP contribution in [0.1, 0.15) is 33.3 Å². The van der Waals surface area contributed by atoms with Crippen molar-refractivity contribution < 1.29 is 19.1 Å². The highest BCUT2D eigenvalue weighted by Crippen LogP contribution is 2.24. The molecule has 2 atom stereocenters. The molecule has 0 spiro atoms. The topological polar surface area (TPSA) is 60.9 Å². The van der Waals surface area contributed by atoms with Gasteiger partial charge in [0.25, 0.3) is 0 Å². The second-order valence-corrected chi connectivity index (χ2v) is 7.90. The van der Waals surface area contributed by atoms with Gasteiger partial charge in [0.15, 0.2) is 0 Å². The first-order valence-corrected chi connectivity index (χ1v) is 8.58. The van der Waals surface area contributed by atoms with Gasteiger partial charge in [-0.05, 0) is 44.4 Å². The summed E-state index contributed by atoms with van der Waals surface area (Å²) in [5, 5.41) is 9.24. The van der Waals surface area contributed by atoms with Gasteiger partial charge in [-0.1, -0.05) is 19.1 Å². The Hall–Kier alpha value is -1.95. The van der Waals surface area contributed by atoms with Crippen molar-refractivity contribution in [3.05, 3.63) is 35.6 Å². The van der Waals surface area contributed by atoms with Crippen LogP contribution in [0.5, 0.6) is 0 Å². The minimum Gasteiger partial charge on any atom is -0.481 e. The van der Waals surface area contributed by atoms with E-state index in [0.29, 0.717) is 19.6 Å². The van der Waals surface area contributed by atoms with E-state index >= 15 is 0 Å². The normalized spacial score (nSPS) is 21.3. The molecule has 1 saturated heterocycles. The van der Waals surface area contributed by atoms with Gasteiger partial charge in [0.1, 0.15) is 5.82 Å². The fourth-order valence-corrected chi connectivity index (χ4v) is 3.31.